The molecule has 5 nitrogen and oxygen atoms in total. The van der Waals surface area contributed by atoms with Crippen molar-refractivity contribution >= 4 is 19.5 Å². The zero-order chi connectivity index (χ0) is 14.1. The van der Waals surface area contributed by atoms with Gasteiger partial charge in [-0.15, -0.1) is 0 Å². The van der Waals surface area contributed by atoms with Gasteiger partial charge in [-0.3, -0.25) is 9.59 Å². The van der Waals surface area contributed by atoms with Crippen LogP contribution < -0.4 is 5.73 Å². The summed E-state index contributed by atoms with van der Waals surface area (Å²) in [6, 6.07) is -0.468. The maximum absolute atomic E-state index is 11.5. The predicted octanol–water partition coefficient (Wildman–Crippen LogP) is 0.131. The molecule has 0 spiro atoms. The molecule has 7 heteroatoms. The van der Waals surface area contributed by atoms with Crippen LogP contribution in [0.4, 0.5) is 0 Å². The molecule has 1 amide bonds. The van der Waals surface area contributed by atoms with Crippen LogP contribution in [0.3, 0.4) is 0 Å². The topological polar surface area (TPSA) is 72.6 Å². The van der Waals surface area contributed by atoms with E-state index in [0.717, 1.165) is 0 Å². The van der Waals surface area contributed by atoms with Gasteiger partial charge in [0.1, 0.15) is 5.78 Å². The van der Waals surface area contributed by atoms with Crippen LogP contribution in [-0.2, 0) is 32.9 Å². The van der Waals surface area contributed by atoms with Gasteiger partial charge in [0.25, 0.3) is 0 Å². The fourth-order valence-electron chi connectivity index (χ4n) is 1.63. The molecule has 0 aromatic heterocycles. The SMILES string of the molecule is CCC.[B]CC(=O)N(CC(C)=O)C1COCC1N.[V]. The first-order chi connectivity index (χ1) is 8.47. The quantitative estimate of drug-likeness (QED) is 0.749. The molecule has 19 heavy (non-hydrogen) atoms. The average Bonchev–Trinajstić information content (AvgIpc) is 2.72. The van der Waals surface area contributed by atoms with E-state index in [2.05, 4.69) is 13.8 Å². The standard InChI is InChI=1S/C9H15BN2O3.C3H8.V/c1-6(13)3-12(9(14)2-10)8-5-15-4-7(8)11;1-3-2;/h7-8H,2-5,11H2,1H3;3H2,1-2H3;. The molecular formula is C12H23BN2O3V. The Labute approximate surface area is 128 Å². The fraction of sp³-hybridized carbons (Fsp3) is 0.833. The second-order valence-electron chi connectivity index (χ2n) is 4.40. The molecule has 1 rings (SSSR count). The Morgan fingerprint density at radius 3 is 2.21 bits per heavy atom. The van der Waals surface area contributed by atoms with E-state index in [9.17, 15) is 9.59 Å². The van der Waals surface area contributed by atoms with Gasteiger partial charge in [-0.05, 0) is 13.2 Å². The minimum Gasteiger partial charge on any atom is -0.378 e. The van der Waals surface area contributed by atoms with Crippen molar-refractivity contribution in [1.82, 2.24) is 4.90 Å². The zero-order valence-corrected chi connectivity index (χ0v) is 13.4. The summed E-state index contributed by atoms with van der Waals surface area (Å²) in [5.41, 5.74) is 5.78. The van der Waals surface area contributed by atoms with Crippen molar-refractivity contribution in [2.45, 2.75) is 45.6 Å². The summed E-state index contributed by atoms with van der Waals surface area (Å²) in [5, 5.41) is 0. The molecule has 107 valence electrons. The van der Waals surface area contributed by atoms with Crippen molar-refractivity contribution in [2.24, 2.45) is 5.73 Å². The summed E-state index contributed by atoms with van der Waals surface area (Å²) >= 11 is 0. The van der Waals surface area contributed by atoms with Crippen molar-refractivity contribution in [3.63, 3.8) is 0 Å². The van der Waals surface area contributed by atoms with Gasteiger partial charge >= 0.3 is 0 Å². The number of rotatable bonds is 4. The van der Waals surface area contributed by atoms with Gasteiger partial charge in [0.05, 0.1) is 39.7 Å². The Morgan fingerprint density at radius 1 is 1.37 bits per heavy atom. The van der Waals surface area contributed by atoms with E-state index in [1.807, 2.05) is 0 Å². The number of Topliss-reactive ketones (excluding diaryl/α,β-unsaturated/α-hetero) is 1. The van der Waals surface area contributed by atoms with Gasteiger partial charge in [0, 0.05) is 18.6 Å². The smallest absolute Gasteiger partial charge is 0.214 e. The molecule has 2 unspecified atom stereocenters. The average molecular weight is 305 g/mol. The van der Waals surface area contributed by atoms with Gasteiger partial charge < -0.3 is 15.4 Å². The zero-order valence-electron chi connectivity index (χ0n) is 12.0. The summed E-state index contributed by atoms with van der Waals surface area (Å²) in [7, 11) is 5.28. The van der Waals surface area contributed by atoms with Gasteiger partial charge in [0.15, 0.2) is 0 Å². The van der Waals surface area contributed by atoms with Gasteiger partial charge in [-0.1, -0.05) is 20.3 Å². The van der Waals surface area contributed by atoms with Crippen LogP contribution in [0.25, 0.3) is 0 Å². The number of carbonyl (C=O) groups is 2. The summed E-state index contributed by atoms with van der Waals surface area (Å²) in [5.74, 6) is -0.355. The second kappa shape index (κ2) is 11.5. The summed E-state index contributed by atoms with van der Waals surface area (Å²) in [6.45, 7) is 6.52. The van der Waals surface area contributed by atoms with E-state index in [1.165, 1.54) is 18.2 Å². The van der Waals surface area contributed by atoms with Crippen molar-refractivity contribution < 1.29 is 32.9 Å². The Bertz CT molecular complexity index is 280. The third-order valence-electron chi connectivity index (χ3n) is 2.38. The van der Waals surface area contributed by atoms with Gasteiger partial charge in [-0.25, -0.2) is 0 Å². The molecule has 0 saturated carbocycles. The molecule has 0 aromatic carbocycles. The third-order valence-corrected chi connectivity index (χ3v) is 2.38. The maximum Gasteiger partial charge on any atom is 0.214 e. The van der Waals surface area contributed by atoms with Crippen LogP contribution in [0.2, 0.25) is 6.32 Å². The monoisotopic (exact) mass is 305 g/mol. The maximum atomic E-state index is 11.5. The molecule has 1 saturated heterocycles. The molecule has 0 bridgehead atoms. The number of nitrogens with two attached hydrogens (primary N) is 1. The first-order valence-electron chi connectivity index (χ1n) is 6.30. The van der Waals surface area contributed by atoms with Crippen LogP contribution in [0, 0.1) is 0 Å². The molecular weight excluding hydrogens is 282 g/mol. The third kappa shape index (κ3) is 7.77. The Kier molecular flexibility index (Phi) is 12.8. The van der Waals surface area contributed by atoms with E-state index in [0.29, 0.717) is 13.2 Å². The van der Waals surface area contributed by atoms with Crippen LogP contribution >= 0.6 is 0 Å². The number of ketones is 1. The Balaban J connectivity index is 0. The molecule has 0 aromatic rings. The van der Waals surface area contributed by atoms with Crippen molar-refractivity contribution in [3.8, 4) is 0 Å². The molecule has 0 aliphatic carbocycles. The van der Waals surface area contributed by atoms with E-state index in [4.69, 9.17) is 18.3 Å². The minimum atomic E-state index is -0.267. The number of hydrogen-bond acceptors (Lipinski definition) is 4. The van der Waals surface area contributed by atoms with Crippen LogP contribution in [0.1, 0.15) is 27.2 Å². The first kappa shape index (κ1) is 21.0. The van der Waals surface area contributed by atoms with Crippen LogP contribution in [0.15, 0.2) is 0 Å². The minimum absolute atomic E-state index is 0. The van der Waals surface area contributed by atoms with Crippen LogP contribution in [0.5, 0.6) is 0 Å². The number of ether oxygens (including phenoxy) is 1. The van der Waals surface area contributed by atoms with Gasteiger partial charge in [0.2, 0.25) is 5.91 Å². The van der Waals surface area contributed by atoms with Gasteiger partial charge in [-0.2, -0.15) is 0 Å². The van der Waals surface area contributed by atoms with E-state index >= 15 is 0 Å². The van der Waals surface area contributed by atoms with Crippen molar-refractivity contribution in [3.05, 3.63) is 0 Å². The molecule has 2 atom stereocenters. The first-order valence-corrected chi connectivity index (χ1v) is 6.30. The molecule has 1 fully saturated rings. The molecule has 2 N–H and O–H groups in total. The van der Waals surface area contributed by atoms with Crippen LogP contribution in [-0.4, -0.2) is 56.3 Å². The Hall–Kier alpha value is -0.291. The molecule has 1 heterocycles. The van der Waals surface area contributed by atoms with E-state index in [1.54, 1.807) is 0 Å². The summed E-state index contributed by atoms with van der Waals surface area (Å²) in [4.78, 5) is 24.0. The predicted molar refractivity (Wildman–Crippen MR) is 71.5 cm³/mol. The second-order valence-corrected chi connectivity index (χ2v) is 4.40. The Morgan fingerprint density at radius 2 is 1.89 bits per heavy atom. The molecule has 1 aliphatic heterocycles. The summed E-state index contributed by atoms with van der Waals surface area (Å²) < 4.78 is 5.16. The number of amides is 1. The largest absolute Gasteiger partial charge is 0.378 e. The normalized spacial score (nSPS) is 20.8. The number of hydrogen-bond donors (Lipinski definition) is 1. The number of carbonyl (C=O) groups excluding carboxylic acids is 2. The van der Waals surface area contributed by atoms with E-state index in [-0.39, 0.29) is 55.2 Å². The fourth-order valence-corrected chi connectivity index (χ4v) is 1.63. The molecule has 1 aliphatic rings. The van der Waals surface area contributed by atoms with Crippen molar-refractivity contribution in [1.29, 1.82) is 0 Å². The number of nitrogens with zero attached hydrogens (tertiary/aromatic N) is 1. The molecule has 3 radical (unpaired) electrons. The summed E-state index contributed by atoms with van der Waals surface area (Å²) in [6.07, 6.45) is 1.14. The van der Waals surface area contributed by atoms with Crippen molar-refractivity contribution in [2.75, 3.05) is 19.8 Å². The van der Waals surface area contributed by atoms with E-state index < -0.39 is 0 Å².